The van der Waals surface area contributed by atoms with Crippen LogP contribution in [0.5, 0.6) is 0 Å². The Balaban J connectivity index is 2.16. The first-order chi connectivity index (χ1) is 10.4. The van der Waals surface area contributed by atoms with E-state index in [0.29, 0.717) is 0 Å². The number of hydrogen-bond donors (Lipinski definition) is 0. The molecule has 0 saturated carbocycles. The molecule has 2 aromatic rings. The molecular formula is C16H15N3O3. The molecule has 0 N–H and O–H groups in total. The van der Waals surface area contributed by atoms with E-state index in [1.165, 1.54) is 14.1 Å². The van der Waals surface area contributed by atoms with Gasteiger partial charge in [-0.1, -0.05) is 18.2 Å². The number of benzene rings is 1. The summed E-state index contributed by atoms with van der Waals surface area (Å²) in [6, 6.07) is 7.10. The Hall–Kier alpha value is -2.89. The van der Waals surface area contributed by atoms with Crippen molar-refractivity contribution in [3.8, 4) is 0 Å². The molecule has 1 aliphatic heterocycles. The van der Waals surface area contributed by atoms with Crippen LogP contribution in [0, 0.1) is 0 Å². The van der Waals surface area contributed by atoms with E-state index in [1.807, 2.05) is 42.1 Å². The third kappa shape index (κ3) is 1.92. The molecular weight excluding hydrogens is 282 g/mol. The normalized spacial score (nSPS) is 16.0. The topological polar surface area (TPSA) is 62.6 Å². The molecule has 0 unspecified atom stereocenters. The number of urea groups is 1. The second kappa shape index (κ2) is 4.84. The molecule has 1 fully saturated rings. The highest BCUT2D eigenvalue weighted by Crippen LogP contribution is 2.24. The second-order valence-electron chi connectivity index (χ2n) is 5.28. The van der Waals surface area contributed by atoms with Gasteiger partial charge in [0.15, 0.2) is 0 Å². The summed E-state index contributed by atoms with van der Waals surface area (Å²) in [7, 11) is 4.63. The summed E-state index contributed by atoms with van der Waals surface area (Å²) in [6.45, 7) is 0. The van der Waals surface area contributed by atoms with Crippen molar-refractivity contribution in [2.75, 3.05) is 14.1 Å². The highest BCUT2D eigenvalue weighted by Gasteiger charge is 2.37. The van der Waals surface area contributed by atoms with Crippen molar-refractivity contribution in [1.29, 1.82) is 0 Å². The van der Waals surface area contributed by atoms with Crippen LogP contribution in [-0.2, 0) is 16.6 Å². The molecule has 6 nitrogen and oxygen atoms in total. The lowest BCUT2D eigenvalue weighted by Crippen LogP contribution is -2.52. The minimum atomic E-state index is -0.620. The third-order valence-electron chi connectivity index (χ3n) is 3.87. The molecule has 1 aromatic carbocycles. The van der Waals surface area contributed by atoms with Crippen molar-refractivity contribution >= 4 is 34.8 Å². The Morgan fingerprint density at radius 3 is 2.14 bits per heavy atom. The SMILES string of the molecule is CN1C(=O)C(=Cc2cn(C)c3ccccc23)C(=O)N(C)C1=O. The van der Waals surface area contributed by atoms with Gasteiger partial charge in [0, 0.05) is 43.8 Å². The minimum Gasteiger partial charge on any atom is -0.350 e. The number of aryl methyl sites for hydroxylation is 1. The number of para-hydroxylation sites is 1. The average molecular weight is 297 g/mol. The molecule has 1 aromatic heterocycles. The van der Waals surface area contributed by atoms with Gasteiger partial charge in [-0.3, -0.25) is 19.4 Å². The van der Waals surface area contributed by atoms with Gasteiger partial charge >= 0.3 is 6.03 Å². The average Bonchev–Trinajstić information content (AvgIpc) is 2.84. The second-order valence-corrected chi connectivity index (χ2v) is 5.28. The van der Waals surface area contributed by atoms with Gasteiger partial charge in [-0.05, 0) is 12.1 Å². The Bertz CT molecular complexity index is 821. The van der Waals surface area contributed by atoms with Crippen LogP contribution in [0.25, 0.3) is 17.0 Å². The van der Waals surface area contributed by atoms with Crippen LogP contribution >= 0.6 is 0 Å². The van der Waals surface area contributed by atoms with E-state index in [1.54, 1.807) is 6.08 Å². The summed E-state index contributed by atoms with van der Waals surface area (Å²) in [5, 5.41) is 0.945. The zero-order valence-corrected chi connectivity index (χ0v) is 12.5. The largest absolute Gasteiger partial charge is 0.350 e. The van der Waals surface area contributed by atoms with Gasteiger partial charge in [0.2, 0.25) is 0 Å². The van der Waals surface area contributed by atoms with Crippen molar-refractivity contribution < 1.29 is 14.4 Å². The highest BCUT2D eigenvalue weighted by atomic mass is 16.2. The maximum Gasteiger partial charge on any atom is 0.333 e. The molecule has 6 heteroatoms. The van der Waals surface area contributed by atoms with Crippen molar-refractivity contribution in [1.82, 2.24) is 14.4 Å². The van der Waals surface area contributed by atoms with Gasteiger partial charge in [0.05, 0.1) is 0 Å². The molecule has 3 rings (SSSR count). The molecule has 4 amide bonds. The molecule has 2 heterocycles. The summed E-state index contributed by atoms with van der Waals surface area (Å²) in [5.74, 6) is -1.16. The van der Waals surface area contributed by atoms with Gasteiger partial charge in [-0.25, -0.2) is 4.79 Å². The Morgan fingerprint density at radius 1 is 0.909 bits per heavy atom. The van der Waals surface area contributed by atoms with Crippen LogP contribution in [-0.4, -0.2) is 46.3 Å². The Kier molecular flexibility index (Phi) is 3.09. The fourth-order valence-corrected chi connectivity index (χ4v) is 2.62. The number of carbonyl (C=O) groups excluding carboxylic acids is 3. The maximum absolute atomic E-state index is 12.2. The number of amides is 4. The van der Waals surface area contributed by atoms with Gasteiger partial charge < -0.3 is 4.57 Å². The van der Waals surface area contributed by atoms with Crippen LogP contribution in [0.4, 0.5) is 4.79 Å². The van der Waals surface area contributed by atoms with Crippen LogP contribution < -0.4 is 0 Å². The van der Waals surface area contributed by atoms with Crippen LogP contribution in [0.3, 0.4) is 0 Å². The fraction of sp³-hybridized carbons (Fsp3) is 0.188. The molecule has 112 valence electrons. The zero-order valence-electron chi connectivity index (χ0n) is 12.5. The van der Waals surface area contributed by atoms with Crippen molar-refractivity contribution in [3.63, 3.8) is 0 Å². The monoisotopic (exact) mass is 297 g/mol. The molecule has 0 aliphatic carbocycles. The van der Waals surface area contributed by atoms with Crippen molar-refractivity contribution in [2.45, 2.75) is 0 Å². The van der Waals surface area contributed by atoms with Gasteiger partial charge in [-0.2, -0.15) is 0 Å². The number of rotatable bonds is 1. The van der Waals surface area contributed by atoms with Gasteiger partial charge in [0.25, 0.3) is 11.8 Å². The smallest absolute Gasteiger partial charge is 0.333 e. The third-order valence-corrected chi connectivity index (χ3v) is 3.87. The first-order valence-electron chi connectivity index (χ1n) is 6.77. The summed E-state index contributed by atoms with van der Waals surface area (Å²) in [5.41, 5.74) is 1.76. The lowest BCUT2D eigenvalue weighted by Gasteiger charge is -2.28. The number of likely N-dealkylation sites (N-methyl/N-ethyl adjacent to an activating group) is 2. The van der Waals surface area contributed by atoms with E-state index >= 15 is 0 Å². The number of nitrogens with zero attached hydrogens (tertiary/aromatic N) is 3. The van der Waals surface area contributed by atoms with E-state index in [2.05, 4.69) is 0 Å². The lowest BCUT2D eigenvalue weighted by molar-refractivity contribution is -0.134. The summed E-state index contributed by atoms with van der Waals surface area (Å²) < 4.78 is 1.93. The number of barbiturate groups is 1. The van der Waals surface area contributed by atoms with Gasteiger partial charge in [0.1, 0.15) is 5.57 Å². The first-order valence-corrected chi connectivity index (χ1v) is 6.77. The summed E-state index contributed by atoms with van der Waals surface area (Å²) >= 11 is 0. The lowest BCUT2D eigenvalue weighted by atomic mass is 10.1. The number of carbonyl (C=O) groups is 3. The summed E-state index contributed by atoms with van der Waals surface area (Å²) in [4.78, 5) is 38.1. The van der Waals surface area contributed by atoms with Crippen LogP contribution in [0.2, 0.25) is 0 Å². The van der Waals surface area contributed by atoms with Crippen LogP contribution in [0.1, 0.15) is 5.56 Å². The van der Waals surface area contributed by atoms with E-state index in [4.69, 9.17) is 0 Å². The molecule has 1 saturated heterocycles. The maximum atomic E-state index is 12.2. The standard InChI is InChI=1S/C16H15N3O3/c1-17-9-10(11-6-4-5-7-13(11)17)8-12-14(20)18(2)16(22)19(3)15(12)21/h4-9H,1-3H3. The molecule has 22 heavy (non-hydrogen) atoms. The summed E-state index contributed by atoms with van der Waals surface area (Å²) in [6.07, 6.45) is 3.40. The van der Waals surface area contributed by atoms with Gasteiger partial charge in [-0.15, -0.1) is 0 Å². The molecule has 0 spiro atoms. The molecule has 1 aliphatic rings. The Labute approximate surface area is 127 Å². The van der Waals surface area contributed by atoms with Crippen molar-refractivity contribution in [2.24, 2.45) is 7.05 Å². The predicted octanol–water partition coefficient (Wildman–Crippen LogP) is 1.61. The minimum absolute atomic E-state index is 0.0130. The molecule has 0 bridgehead atoms. The number of fused-ring (bicyclic) bond motifs is 1. The fourth-order valence-electron chi connectivity index (χ4n) is 2.62. The highest BCUT2D eigenvalue weighted by molar-refractivity contribution is 6.31. The molecule has 0 radical (unpaired) electrons. The number of aromatic nitrogens is 1. The van der Waals surface area contributed by atoms with E-state index in [0.717, 1.165) is 26.3 Å². The van der Waals surface area contributed by atoms with E-state index < -0.39 is 17.8 Å². The number of hydrogen-bond acceptors (Lipinski definition) is 3. The predicted molar refractivity (Wildman–Crippen MR) is 81.8 cm³/mol. The van der Waals surface area contributed by atoms with Crippen LogP contribution in [0.15, 0.2) is 36.0 Å². The van der Waals surface area contributed by atoms with E-state index in [9.17, 15) is 14.4 Å². The van der Waals surface area contributed by atoms with E-state index in [-0.39, 0.29) is 5.57 Å². The first kappa shape index (κ1) is 14.1. The molecule has 0 atom stereocenters. The number of imide groups is 2. The zero-order chi connectivity index (χ0) is 16.0. The van der Waals surface area contributed by atoms with Crippen molar-refractivity contribution in [3.05, 3.63) is 41.6 Å². The quantitative estimate of drug-likeness (QED) is 0.593. The Morgan fingerprint density at radius 2 is 1.50 bits per heavy atom.